The summed E-state index contributed by atoms with van der Waals surface area (Å²) < 4.78 is 60.5. The molecule has 1 N–H and O–H groups in total. The molecule has 0 spiro atoms. The number of nitrogens with zero attached hydrogens (tertiary/aromatic N) is 3. The van der Waals surface area contributed by atoms with E-state index in [1.165, 1.54) is 18.4 Å². The summed E-state index contributed by atoms with van der Waals surface area (Å²) in [5, 5.41) is 3.10. The van der Waals surface area contributed by atoms with Gasteiger partial charge in [-0.2, -0.15) is 13.2 Å². The fourth-order valence-electron chi connectivity index (χ4n) is 4.55. The van der Waals surface area contributed by atoms with Crippen LogP contribution in [0.2, 0.25) is 0 Å². The number of nitrogens with one attached hydrogen (secondary N) is 1. The van der Waals surface area contributed by atoms with Crippen molar-refractivity contribution in [3.8, 4) is 10.6 Å². The van der Waals surface area contributed by atoms with E-state index < -0.39 is 23.4 Å². The molecular formula is C27H22F4N4O2S. The Morgan fingerprint density at radius 1 is 1.11 bits per heavy atom. The van der Waals surface area contributed by atoms with Crippen molar-refractivity contribution >= 4 is 28.9 Å². The van der Waals surface area contributed by atoms with Gasteiger partial charge in [0, 0.05) is 12.4 Å². The molecule has 0 saturated carbocycles. The molecule has 0 saturated heterocycles. The Bertz CT molecular complexity index is 1520. The minimum Gasteiger partial charge on any atom is -0.465 e. The number of pyridine rings is 2. The number of alkyl halides is 4. The van der Waals surface area contributed by atoms with Crippen LogP contribution in [0, 0.1) is 6.92 Å². The van der Waals surface area contributed by atoms with Gasteiger partial charge in [0.1, 0.15) is 16.6 Å². The smallest absolute Gasteiger partial charge is 0.416 e. The Kier molecular flexibility index (Phi) is 6.64. The van der Waals surface area contributed by atoms with Crippen LogP contribution in [0.3, 0.4) is 0 Å². The third-order valence-electron chi connectivity index (χ3n) is 6.33. The van der Waals surface area contributed by atoms with E-state index in [2.05, 4.69) is 20.3 Å². The number of carbonyl (C=O) groups is 1. The minimum atomic E-state index is -4.50. The molecule has 1 aliphatic rings. The average Bonchev–Trinajstić information content (AvgIpc) is 3.39. The lowest BCUT2D eigenvalue weighted by Gasteiger charge is -2.30. The summed E-state index contributed by atoms with van der Waals surface area (Å²) in [6, 6.07) is 10.1. The lowest BCUT2D eigenvalue weighted by Crippen LogP contribution is -2.27. The second-order valence-corrected chi connectivity index (χ2v) is 10.0. The Balaban J connectivity index is 1.45. The van der Waals surface area contributed by atoms with Crippen molar-refractivity contribution in [1.82, 2.24) is 15.0 Å². The van der Waals surface area contributed by atoms with Gasteiger partial charge in [-0.3, -0.25) is 0 Å². The molecule has 0 fully saturated rings. The summed E-state index contributed by atoms with van der Waals surface area (Å²) in [7, 11) is 1.30. The molecule has 0 bridgehead atoms. The predicted octanol–water partition coefficient (Wildman–Crippen LogP) is 7.01. The molecule has 0 aliphatic heterocycles. The van der Waals surface area contributed by atoms with Crippen LogP contribution in [0.5, 0.6) is 0 Å². The molecule has 0 radical (unpaired) electrons. The molecule has 0 amide bonds. The molecule has 38 heavy (non-hydrogen) atoms. The molecule has 4 aromatic rings. The molecule has 1 aliphatic carbocycles. The van der Waals surface area contributed by atoms with E-state index in [-0.39, 0.29) is 17.2 Å². The molecule has 0 unspecified atom stereocenters. The zero-order valence-corrected chi connectivity index (χ0v) is 21.2. The van der Waals surface area contributed by atoms with E-state index in [1.807, 2.05) is 6.92 Å². The van der Waals surface area contributed by atoms with Crippen LogP contribution in [0.4, 0.5) is 29.2 Å². The fourth-order valence-corrected chi connectivity index (χ4v) is 5.55. The molecule has 3 heterocycles. The van der Waals surface area contributed by atoms with Crippen LogP contribution in [0.1, 0.15) is 50.5 Å². The maximum absolute atomic E-state index is 16.5. The zero-order chi connectivity index (χ0) is 27.1. The summed E-state index contributed by atoms with van der Waals surface area (Å²) in [6.07, 6.45) is -0.392. The number of thiazole rings is 1. The van der Waals surface area contributed by atoms with Crippen molar-refractivity contribution < 1.29 is 27.1 Å². The van der Waals surface area contributed by atoms with Gasteiger partial charge in [-0.1, -0.05) is 6.07 Å². The number of carbonyl (C=O) groups excluding carboxylic acids is 1. The third kappa shape index (κ3) is 4.98. The quantitative estimate of drug-likeness (QED) is 0.216. The van der Waals surface area contributed by atoms with Gasteiger partial charge in [-0.15, -0.1) is 11.3 Å². The van der Waals surface area contributed by atoms with Crippen molar-refractivity contribution in [2.24, 2.45) is 0 Å². The Labute approximate surface area is 219 Å². The van der Waals surface area contributed by atoms with Gasteiger partial charge in [0.25, 0.3) is 0 Å². The molecule has 196 valence electrons. The third-order valence-corrected chi connectivity index (χ3v) is 7.49. The van der Waals surface area contributed by atoms with E-state index in [0.717, 1.165) is 29.5 Å². The van der Waals surface area contributed by atoms with Gasteiger partial charge < -0.3 is 10.1 Å². The Morgan fingerprint density at radius 2 is 1.92 bits per heavy atom. The van der Waals surface area contributed by atoms with Gasteiger partial charge in [0.2, 0.25) is 0 Å². The summed E-state index contributed by atoms with van der Waals surface area (Å²) in [4.78, 5) is 25.4. The zero-order valence-electron chi connectivity index (χ0n) is 20.4. The first-order valence-electron chi connectivity index (χ1n) is 11.7. The standard InChI is InChI=1S/C27H22F4N4O2S/c1-15-10-20(34-23(11-15)35-22-13-18(7-9-32-22)27(29,30)31)21-14-33-25(38-21)26(28)8-3-4-16-12-17(24(36)37-2)5-6-19(16)26/h5-7,9-14H,3-4,8H2,1-2H3,(H,32,34,35)/t26-/m1/s1. The molecular weight excluding hydrogens is 520 g/mol. The van der Waals surface area contributed by atoms with Crippen LogP contribution in [0.15, 0.2) is 54.9 Å². The molecule has 5 rings (SSSR count). The lowest BCUT2D eigenvalue weighted by molar-refractivity contribution is -0.137. The minimum absolute atomic E-state index is 0.00159. The highest BCUT2D eigenvalue weighted by atomic mass is 32.1. The van der Waals surface area contributed by atoms with Crippen LogP contribution in [-0.4, -0.2) is 28.0 Å². The van der Waals surface area contributed by atoms with Crippen molar-refractivity contribution in [3.63, 3.8) is 0 Å². The number of fused-ring (bicyclic) bond motifs is 1. The van der Waals surface area contributed by atoms with Crippen LogP contribution in [-0.2, 0) is 23.0 Å². The lowest BCUT2D eigenvalue weighted by atomic mass is 9.80. The SMILES string of the molecule is COC(=O)c1ccc2c(c1)CCC[C@]2(F)c1ncc(-c2cc(C)cc(Nc3cc(C(F)(F)F)ccn3)n2)s1. The van der Waals surface area contributed by atoms with E-state index in [4.69, 9.17) is 4.74 Å². The topological polar surface area (TPSA) is 77.0 Å². The normalized spacial score (nSPS) is 17.1. The Morgan fingerprint density at radius 3 is 2.68 bits per heavy atom. The van der Waals surface area contributed by atoms with Crippen molar-refractivity contribution in [3.05, 3.63) is 87.7 Å². The largest absolute Gasteiger partial charge is 0.465 e. The number of hydrogen-bond donors (Lipinski definition) is 1. The highest BCUT2D eigenvalue weighted by Crippen LogP contribution is 2.46. The molecule has 3 aromatic heterocycles. The van der Waals surface area contributed by atoms with E-state index in [1.54, 1.807) is 36.5 Å². The summed E-state index contributed by atoms with van der Waals surface area (Å²) in [5.74, 6) is -0.175. The maximum atomic E-state index is 16.5. The second-order valence-electron chi connectivity index (χ2n) is 9.02. The first kappa shape index (κ1) is 25.8. The van der Waals surface area contributed by atoms with Crippen molar-refractivity contribution in [2.75, 3.05) is 12.4 Å². The van der Waals surface area contributed by atoms with Crippen LogP contribution in [0.25, 0.3) is 10.6 Å². The number of ether oxygens (including phenoxy) is 1. The highest BCUT2D eigenvalue weighted by Gasteiger charge is 2.41. The molecule has 6 nitrogen and oxygen atoms in total. The van der Waals surface area contributed by atoms with Crippen LogP contribution >= 0.6 is 11.3 Å². The van der Waals surface area contributed by atoms with Gasteiger partial charge in [0.05, 0.1) is 28.8 Å². The summed E-state index contributed by atoms with van der Waals surface area (Å²) in [5.41, 5.74) is 0.249. The molecule has 11 heteroatoms. The molecule has 1 aromatic carbocycles. The van der Waals surface area contributed by atoms with Gasteiger partial charge in [0.15, 0.2) is 5.67 Å². The maximum Gasteiger partial charge on any atom is 0.416 e. The fraction of sp³-hybridized carbons (Fsp3) is 0.259. The van der Waals surface area contributed by atoms with Gasteiger partial charge >= 0.3 is 12.1 Å². The monoisotopic (exact) mass is 542 g/mol. The number of benzene rings is 1. The molecule has 1 atom stereocenters. The number of aromatic nitrogens is 3. The van der Waals surface area contributed by atoms with E-state index in [9.17, 15) is 18.0 Å². The first-order chi connectivity index (χ1) is 18.1. The van der Waals surface area contributed by atoms with E-state index >= 15 is 4.39 Å². The number of rotatable bonds is 5. The highest BCUT2D eigenvalue weighted by molar-refractivity contribution is 7.15. The number of hydrogen-bond acceptors (Lipinski definition) is 7. The first-order valence-corrected chi connectivity index (χ1v) is 12.5. The van der Waals surface area contributed by atoms with Crippen molar-refractivity contribution in [1.29, 1.82) is 0 Å². The number of esters is 1. The number of methoxy groups -OCH3 is 1. The number of anilines is 2. The van der Waals surface area contributed by atoms with Crippen molar-refractivity contribution in [2.45, 2.75) is 38.0 Å². The van der Waals surface area contributed by atoms with Gasteiger partial charge in [-0.05, 0) is 79.3 Å². The number of halogens is 4. The Hall–Kier alpha value is -3.86. The summed E-state index contributed by atoms with van der Waals surface area (Å²) >= 11 is 1.17. The van der Waals surface area contributed by atoms with E-state index in [0.29, 0.717) is 40.4 Å². The summed E-state index contributed by atoms with van der Waals surface area (Å²) in [6.45, 7) is 1.82. The second kappa shape index (κ2) is 9.79. The van der Waals surface area contributed by atoms with Gasteiger partial charge in [-0.25, -0.2) is 24.1 Å². The average molecular weight is 543 g/mol. The predicted molar refractivity (Wildman–Crippen MR) is 135 cm³/mol. The number of aryl methyl sites for hydroxylation is 2. The van der Waals surface area contributed by atoms with Crippen LogP contribution < -0.4 is 5.32 Å².